The minimum Gasteiger partial charge on any atom is -0.384 e. The summed E-state index contributed by atoms with van der Waals surface area (Å²) in [6.07, 6.45) is 1.77. The normalized spacial score (nSPS) is 10.8. The zero-order valence-electron chi connectivity index (χ0n) is 6.20. The lowest BCUT2D eigenvalue weighted by Crippen LogP contribution is -2.13. The fourth-order valence-corrected chi connectivity index (χ4v) is 2.66. The van der Waals surface area contributed by atoms with Crippen LogP contribution in [0.25, 0.3) is 0 Å². The van der Waals surface area contributed by atoms with E-state index in [0.29, 0.717) is 5.88 Å². The number of rotatable bonds is 6. The van der Waals surface area contributed by atoms with Crippen molar-refractivity contribution >= 4 is 30.8 Å². The Kier molecular flexibility index (Phi) is 8.45. The highest BCUT2D eigenvalue weighted by atomic mass is 35.6. The number of halogens is 2. The van der Waals surface area contributed by atoms with Gasteiger partial charge < -0.3 is 4.74 Å². The van der Waals surface area contributed by atoms with Crippen molar-refractivity contribution in [2.24, 2.45) is 0 Å². The molecule has 0 unspecified atom stereocenters. The third kappa shape index (κ3) is 6.87. The minimum absolute atomic E-state index is 0.715. The van der Waals surface area contributed by atoms with Gasteiger partial charge in [-0.2, -0.15) is 11.1 Å². The Balaban J connectivity index is 3.00. The van der Waals surface area contributed by atoms with Crippen molar-refractivity contribution in [2.75, 3.05) is 18.7 Å². The molecule has 0 atom stereocenters. The summed E-state index contributed by atoms with van der Waals surface area (Å²) in [5, 5.41) is 0. The Hall–Kier alpha value is 0.757. The standard InChI is InChI=1S/C6H13Cl2OSi/c1-2-9-6-10(8)5-3-4-7/h2-6H2,1H3. The lowest BCUT2D eigenvalue weighted by Gasteiger charge is -2.04. The van der Waals surface area contributed by atoms with Crippen LogP contribution in [0.4, 0.5) is 0 Å². The summed E-state index contributed by atoms with van der Waals surface area (Å²) in [6.45, 7) is 2.75. The Morgan fingerprint density at radius 3 is 2.70 bits per heavy atom. The van der Waals surface area contributed by atoms with Gasteiger partial charge in [-0.05, 0) is 19.4 Å². The van der Waals surface area contributed by atoms with E-state index in [1.54, 1.807) is 0 Å². The second kappa shape index (κ2) is 7.86. The molecule has 61 valence electrons. The monoisotopic (exact) mass is 199 g/mol. The van der Waals surface area contributed by atoms with Crippen molar-refractivity contribution in [3.63, 3.8) is 0 Å². The summed E-state index contributed by atoms with van der Waals surface area (Å²) in [4.78, 5) is 0. The molecule has 0 bridgehead atoms. The Labute approximate surface area is 74.0 Å². The van der Waals surface area contributed by atoms with Gasteiger partial charge in [-0.15, -0.1) is 11.6 Å². The van der Waals surface area contributed by atoms with Gasteiger partial charge in [-0.25, -0.2) is 0 Å². The van der Waals surface area contributed by atoms with Gasteiger partial charge in [0.15, 0.2) is 8.11 Å². The summed E-state index contributed by atoms with van der Waals surface area (Å²) in [5.41, 5.74) is 0. The van der Waals surface area contributed by atoms with E-state index in [1.807, 2.05) is 6.92 Å². The zero-order valence-corrected chi connectivity index (χ0v) is 8.71. The van der Waals surface area contributed by atoms with E-state index in [0.717, 1.165) is 25.3 Å². The van der Waals surface area contributed by atoms with Gasteiger partial charge >= 0.3 is 0 Å². The predicted octanol–water partition coefficient (Wildman–Crippen LogP) is 2.42. The second-order valence-corrected chi connectivity index (χ2v) is 5.75. The van der Waals surface area contributed by atoms with E-state index in [1.165, 1.54) is 0 Å². The quantitative estimate of drug-likeness (QED) is 0.363. The molecule has 0 aromatic rings. The topological polar surface area (TPSA) is 9.23 Å². The van der Waals surface area contributed by atoms with Gasteiger partial charge in [0, 0.05) is 12.5 Å². The smallest absolute Gasteiger partial charge is 0.193 e. The highest BCUT2D eigenvalue weighted by Crippen LogP contribution is 2.03. The lowest BCUT2D eigenvalue weighted by molar-refractivity contribution is 0.192. The van der Waals surface area contributed by atoms with Gasteiger partial charge in [-0.3, -0.25) is 0 Å². The largest absolute Gasteiger partial charge is 0.384 e. The Morgan fingerprint density at radius 2 is 2.20 bits per heavy atom. The van der Waals surface area contributed by atoms with Gasteiger partial charge in [0.2, 0.25) is 0 Å². The van der Waals surface area contributed by atoms with E-state index >= 15 is 0 Å². The maximum atomic E-state index is 5.96. The van der Waals surface area contributed by atoms with Crippen molar-refractivity contribution in [3.8, 4) is 0 Å². The maximum absolute atomic E-state index is 5.96. The fraction of sp³-hybridized carbons (Fsp3) is 1.00. The first-order valence-corrected chi connectivity index (χ1v) is 6.91. The van der Waals surface area contributed by atoms with Crippen molar-refractivity contribution in [2.45, 2.75) is 19.4 Å². The minimum atomic E-state index is -0.749. The molecule has 0 aliphatic rings. The third-order valence-electron chi connectivity index (χ3n) is 1.04. The molecule has 0 N–H and O–H groups in total. The number of hydrogen-bond acceptors (Lipinski definition) is 1. The van der Waals surface area contributed by atoms with Crippen LogP contribution in [-0.2, 0) is 4.74 Å². The second-order valence-electron chi connectivity index (χ2n) is 1.95. The van der Waals surface area contributed by atoms with Gasteiger partial charge in [0.1, 0.15) is 0 Å². The van der Waals surface area contributed by atoms with E-state index in [4.69, 9.17) is 27.4 Å². The van der Waals surface area contributed by atoms with E-state index in [-0.39, 0.29) is 0 Å². The Bertz CT molecular complexity index is 64.8. The molecule has 0 aromatic heterocycles. The highest BCUT2D eigenvalue weighted by Gasteiger charge is 2.06. The average Bonchev–Trinajstić information content (AvgIpc) is 1.97. The summed E-state index contributed by atoms with van der Waals surface area (Å²) >= 11 is 11.5. The molecular formula is C6H13Cl2OSi. The summed E-state index contributed by atoms with van der Waals surface area (Å²) in [7, 11) is -0.749. The molecule has 1 radical (unpaired) electrons. The summed E-state index contributed by atoms with van der Waals surface area (Å²) in [6, 6.07) is 1.05. The number of alkyl halides is 1. The third-order valence-corrected chi connectivity index (χ3v) is 3.62. The number of ether oxygens (including phenoxy) is 1. The van der Waals surface area contributed by atoms with Crippen LogP contribution in [0.5, 0.6) is 0 Å². The molecule has 0 aliphatic carbocycles. The van der Waals surface area contributed by atoms with Crippen LogP contribution in [0, 0.1) is 0 Å². The van der Waals surface area contributed by atoms with Gasteiger partial charge in [0.05, 0.1) is 6.23 Å². The molecule has 1 nitrogen and oxygen atoms in total. The van der Waals surface area contributed by atoms with Crippen LogP contribution in [0.3, 0.4) is 0 Å². The highest BCUT2D eigenvalue weighted by molar-refractivity contribution is 7.06. The molecule has 0 saturated carbocycles. The SMILES string of the molecule is CCOC[Si](Cl)CCCCl. The lowest BCUT2D eigenvalue weighted by atomic mass is 10.6. The van der Waals surface area contributed by atoms with Crippen LogP contribution < -0.4 is 0 Å². The molecule has 10 heavy (non-hydrogen) atoms. The van der Waals surface area contributed by atoms with E-state index in [2.05, 4.69) is 0 Å². The molecule has 0 heterocycles. The summed E-state index contributed by atoms with van der Waals surface area (Å²) < 4.78 is 5.16. The summed E-state index contributed by atoms with van der Waals surface area (Å²) in [5.74, 6) is 0.715. The van der Waals surface area contributed by atoms with Crippen molar-refractivity contribution in [1.82, 2.24) is 0 Å². The van der Waals surface area contributed by atoms with Crippen LogP contribution >= 0.6 is 22.7 Å². The first kappa shape index (κ1) is 10.8. The molecule has 0 aliphatic heterocycles. The van der Waals surface area contributed by atoms with Crippen molar-refractivity contribution < 1.29 is 4.74 Å². The fourth-order valence-electron chi connectivity index (χ4n) is 0.544. The van der Waals surface area contributed by atoms with Crippen LogP contribution in [-0.4, -0.2) is 26.8 Å². The first-order valence-electron chi connectivity index (χ1n) is 3.45. The molecule has 0 amide bonds. The predicted molar refractivity (Wildman–Crippen MR) is 48.2 cm³/mol. The van der Waals surface area contributed by atoms with Crippen LogP contribution in [0.2, 0.25) is 6.04 Å². The molecule has 4 heteroatoms. The van der Waals surface area contributed by atoms with Crippen LogP contribution in [0.1, 0.15) is 13.3 Å². The van der Waals surface area contributed by atoms with Gasteiger partial charge in [0.25, 0.3) is 0 Å². The van der Waals surface area contributed by atoms with Crippen LogP contribution in [0.15, 0.2) is 0 Å². The molecule has 0 fully saturated rings. The molecule has 0 saturated heterocycles. The maximum Gasteiger partial charge on any atom is 0.193 e. The molecule has 0 spiro atoms. The van der Waals surface area contributed by atoms with Gasteiger partial charge in [-0.1, -0.05) is 0 Å². The zero-order chi connectivity index (χ0) is 7.82. The van der Waals surface area contributed by atoms with E-state index < -0.39 is 8.11 Å². The van der Waals surface area contributed by atoms with Crippen molar-refractivity contribution in [1.29, 1.82) is 0 Å². The molecule has 0 rings (SSSR count). The van der Waals surface area contributed by atoms with E-state index in [9.17, 15) is 0 Å². The Morgan fingerprint density at radius 1 is 1.50 bits per heavy atom. The molecular weight excluding hydrogens is 187 g/mol. The first-order chi connectivity index (χ1) is 4.81. The van der Waals surface area contributed by atoms with Crippen molar-refractivity contribution in [3.05, 3.63) is 0 Å². The molecule has 0 aromatic carbocycles. The average molecular weight is 200 g/mol. The number of hydrogen-bond donors (Lipinski definition) is 0.